The molecule has 154 valence electrons. The zero-order chi connectivity index (χ0) is 21.6. The molecule has 1 aromatic carbocycles. The number of allylic oxidation sites excluding steroid dienone is 3. The number of carbonyl (C=O) groups is 2. The number of nitrogens with zero attached hydrogens (tertiary/aromatic N) is 2. The number of rotatable bonds is 3. The molecule has 4 rings (SSSR count). The van der Waals surface area contributed by atoms with E-state index in [0.717, 1.165) is 16.5 Å². The Hall–Kier alpha value is -3.53. The topological polar surface area (TPSA) is 107 Å². The predicted molar refractivity (Wildman–Crippen MR) is 110 cm³/mol. The fraction of sp³-hybridized carbons (Fsp3) is 0.348. The van der Waals surface area contributed by atoms with Crippen LogP contribution in [0.1, 0.15) is 38.2 Å². The molecule has 0 amide bonds. The van der Waals surface area contributed by atoms with E-state index >= 15 is 0 Å². The molecule has 2 heterocycles. The number of methoxy groups -OCH3 is 1. The third kappa shape index (κ3) is 3.14. The van der Waals surface area contributed by atoms with Crippen LogP contribution in [0.3, 0.4) is 0 Å². The summed E-state index contributed by atoms with van der Waals surface area (Å²) in [6, 6.07) is 9.70. The van der Waals surface area contributed by atoms with E-state index in [-0.39, 0.29) is 35.2 Å². The smallest absolute Gasteiger partial charge is 0.325 e. The molecule has 1 atom stereocenters. The van der Waals surface area contributed by atoms with Gasteiger partial charge in [0.15, 0.2) is 5.78 Å². The van der Waals surface area contributed by atoms with Crippen molar-refractivity contribution in [2.45, 2.75) is 39.2 Å². The van der Waals surface area contributed by atoms with Gasteiger partial charge in [0.05, 0.1) is 13.0 Å². The van der Waals surface area contributed by atoms with Crippen LogP contribution in [0.5, 0.6) is 0 Å². The molecular formula is C23H23N3O4. The molecule has 0 bridgehead atoms. The molecule has 0 spiro atoms. The van der Waals surface area contributed by atoms with Gasteiger partial charge >= 0.3 is 5.97 Å². The largest absolute Gasteiger partial charge is 0.468 e. The number of hydrogen-bond acceptors (Lipinski definition) is 6. The third-order valence-electron chi connectivity index (χ3n) is 5.73. The minimum Gasteiger partial charge on any atom is -0.468 e. The highest BCUT2D eigenvalue weighted by Crippen LogP contribution is 2.49. The lowest BCUT2D eigenvalue weighted by molar-refractivity contribution is -0.141. The minimum absolute atomic E-state index is 0.0220. The van der Waals surface area contributed by atoms with Gasteiger partial charge in [0, 0.05) is 35.5 Å². The number of aromatic nitrogens is 1. The van der Waals surface area contributed by atoms with Gasteiger partial charge in [-0.05, 0) is 17.0 Å². The van der Waals surface area contributed by atoms with Gasteiger partial charge in [0.1, 0.15) is 23.9 Å². The lowest BCUT2D eigenvalue weighted by Crippen LogP contribution is -2.33. The second kappa shape index (κ2) is 7.06. The molecule has 0 saturated heterocycles. The molecule has 0 radical (unpaired) electrons. The van der Waals surface area contributed by atoms with Gasteiger partial charge in [-0.1, -0.05) is 32.0 Å². The lowest BCUT2D eigenvalue weighted by Gasteiger charge is -2.37. The summed E-state index contributed by atoms with van der Waals surface area (Å²) in [5, 5.41) is 10.7. The first kappa shape index (κ1) is 19.8. The SMILES string of the molecule is COC(=O)Cn1cc(C2C(C#N)=C(N)OC3=C2C(=O)CC(C)(C)C3)c2ccccc21. The average Bonchev–Trinajstić information content (AvgIpc) is 3.04. The Labute approximate surface area is 174 Å². The summed E-state index contributed by atoms with van der Waals surface area (Å²) in [6.45, 7) is 4.04. The van der Waals surface area contributed by atoms with Gasteiger partial charge < -0.3 is 19.8 Å². The van der Waals surface area contributed by atoms with Gasteiger partial charge in [-0.2, -0.15) is 5.26 Å². The normalized spacial score (nSPS) is 20.6. The van der Waals surface area contributed by atoms with Crippen molar-refractivity contribution in [2.75, 3.05) is 7.11 Å². The van der Waals surface area contributed by atoms with E-state index in [1.165, 1.54) is 7.11 Å². The third-order valence-corrected chi connectivity index (χ3v) is 5.73. The molecule has 1 aliphatic carbocycles. The highest BCUT2D eigenvalue weighted by Gasteiger charge is 2.43. The lowest BCUT2D eigenvalue weighted by atomic mass is 9.70. The molecule has 30 heavy (non-hydrogen) atoms. The Morgan fingerprint density at radius 1 is 1.37 bits per heavy atom. The van der Waals surface area contributed by atoms with Crippen LogP contribution >= 0.6 is 0 Å². The van der Waals surface area contributed by atoms with Crippen LogP contribution in [-0.4, -0.2) is 23.4 Å². The van der Waals surface area contributed by atoms with Gasteiger partial charge in [-0.25, -0.2) is 0 Å². The molecule has 0 fully saturated rings. The van der Waals surface area contributed by atoms with E-state index in [4.69, 9.17) is 15.2 Å². The van der Waals surface area contributed by atoms with E-state index in [1.807, 2.05) is 38.1 Å². The molecule has 7 heteroatoms. The number of ketones is 1. The van der Waals surface area contributed by atoms with Crippen molar-refractivity contribution in [2.24, 2.45) is 11.1 Å². The summed E-state index contributed by atoms with van der Waals surface area (Å²) in [7, 11) is 1.34. The second-order valence-electron chi connectivity index (χ2n) is 8.51. The van der Waals surface area contributed by atoms with Crippen molar-refractivity contribution in [1.29, 1.82) is 5.26 Å². The van der Waals surface area contributed by atoms with Crippen molar-refractivity contribution < 1.29 is 19.1 Å². The van der Waals surface area contributed by atoms with Crippen molar-refractivity contribution in [3.8, 4) is 6.07 Å². The molecule has 2 N–H and O–H groups in total. The van der Waals surface area contributed by atoms with Crippen LogP contribution in [0, 0.1) is 16.7 Å². The Balaban J connectivity index is 1.95. The first-order valence-corrected chi connectivity index (χ1v) is 9.74. The van der Waals surface area contributed by atoms with E-state index in [0.29, 0.717) is 24.2 Å². The Bertz CT molecular complexity index is 1180. The van der Waals surface area contributed by atoms with Crippen LogP contribution in [0.25, 0.3) is 10.9 Å². The molecule has 0 saturated carbocycles. The summed E-state index contributed by atoms with van der Waals surface area (Å²) in [4.78, 5) is 25.1. The van der Waals surface area contributed by atoms with E-state index in [9.17, 15) is 14.9 Å². The van der Waals surface area contributed by atoms with Gasteiger partial charge in [0.2, 0.25) is 5.88 Å². The highest BCUT2D eigenvalue weighted by molar-refractivity contribution is 6.01. The van der Waals surface area contributed by atoms with Crippen LogP contribution in [0.2, 0.25) is 0 Å². The number of ether oxygens (including phenoxy) is 2. The number of carbonyl (C=O) groups excluding carboxylic acids is 2. The first-order valence-electron chi connectivity index (χ1n) is 9.74. The van der Waals surface area contributed by atoms with Gasteiger partial charge in [0.25, 0.3) is 0 Å². The molecule has 1 aliphatic heterocycles. The quantitative estimate of drug-likeness (QED) is 0.786. The monoisotopic (exact) mass is 405 g/mol. The molecule has 1 unspecified atom stereocenters. The van der Waals surface area contributed by atoms with E-state index < -0.39 is 5.92 Å². The molecular weight excluding hydrogens is 382 g/mol. The maximum atomic E-state index is 13.2. The average molecular weight is 405 g/mol. The number of para-hydroxylation sites is 1. The van der Waals surface area contributed by atoms with Crippen LogP contribution in [-0.2, 0) is 25.6 Å². The molecule has 7 nitrogen and oxygen atoms in total. The van der Waals surface area contributed by atoms with Crippen LogP contribution in [0.4, 0.5) is 0 Å². The molecule has 2 aromatic rings. The Morgan fingerprint density at radius 2 is 2.10 bits per heavy atom. The van der Waals surface area contributed by atoms with Crippen LogP contribution in [0.15, 0.2) is 53.3 Å². The van der Waals surface area contributed by atoms with Crippen LogP contribution < -0.4 is 5.73 Å². The first-order chi connectivity index (χ1) is 14.3. The number of benzene rings is 1. The summed E-state index contributed by atoms with van der Waals surface area (Å²) in [5.74, 6) is -0.512. The standard InChI is InChI=1S/C23H23N3O4/c1-23(2)8-17(27)21-18(9-23)30-22(25)14(10-24)20(21)15-11-26(12-19(28)29-3)16-7-5-4-6-13(15)16/h4-7,11,20H,8-9,12,25H2,1-3H3. The van der Waals surface area contributed by atoms with Crippen molar-refractivity contribution in [3.05, 3.63) is 58.8 Å². The minimum atomic E-state index is -0.633. The second-order valence-corrected chi connectivity index (χ2v) is 8.51. The fourth-order valence-electron chi connectivity index (χ4n) is 4.44. The van der Waals surface area contributed by atoms with Gasteiger partial charge in [-0.3, -0.25) is 9.59 Å². The van der Waals surface area contributed by atoms with E-state index in [1.54, 1.807) is 10.8 Å². The van der Waals surface area contributed by atoms with Crippen molar-refractivity contribution >= 4 is 22.7 Å². The maximum absolute atomic E-state index is 13.2. The fourth-order valence-corrected chi connectivity index (χ4v) is 4.44. The highest BCUT2D eigenvalue weighted by atomic mass is 16.5. The summed E-state index contributed by atoms with van der Waals surface area (Å²) in [5.41, 5.74) is 8.13. The Kier molecular flexibility index (Phi) is 4.65. The van der Waals surface area contributed by atoms with E-state index in [2.05, 4.69) is 6.07 Å². The molecule has 2 aliphatic rings. The maximum Gasteiger partial charge on any atom is 0.325 e. The number of Topliss-reactive ketones (excluding diaryl/α,β-unsaturated/α-hetero) is 1. The summed E-state index contributed by atoms with van der Waals surface area (Å²) >= 11 is 0. The molecule has 1 aromatic heterocycles. The number of nitriles is 1. The Morgan fingerprint density at radius 3 is 2.80 bits per heavy atom. The number of fused-ring (bicyclic) bond motifs is 1. The van der Waals surface area contributed by atoms with Crippen molar-refractivity contribution in [1.82, 2.24) is 4.57 Å². The number of esters is 1. The number of hydrogen-bond donors (Lipinski definition) is 1. The van der Waals surface area contributed by atoms with Gasteiger partial charge in [-0.15, -0.1) is 0 Å². The van der Waals surface area contributed by atoms with Crippen molar-refractivity contribution in [3.63, 3.8) is 0 Å². The predicted octanol–water partition coefficient (Wildman–Crippen LogP) is 3.27. The summed E-state index contributed by atoms with van der Waals surface area (Å²) in [6.07, 6.45) is 2.73. The number of nitrogens with two attached hydrogens (primary N) is 1. The zero-order valence-electron chi connectivity index (χ0n) is 17.2. The summed E-state index contributed by atoms with van der Waals surface area (Å²) < 4.78 is 12.4. The zero-order valence-corrected chi connectivity index (χ0v) is 17.2.